The third-order valence-corrected chi connectivity index (χ3v) is 2.76. The van der Waals surface area contributed by atoms with Crippen LogP contribution in [-0.2, 0) is 0 Å². The van der Waals surface area contributed by atoms with Gasteiger partial charge in [-0.3, -0.25) is 4.79 Å². The Morgan fingerprint density at radius 3 is 2.94 bits per heavy atom. The van der Waals surface area contributed by atoms with E-state index in [1.54, 1.807) is 0 Å². The van der Waals surface area contributed by atoms with Gasteiger partial charge in [-0.25, -0.2) is 9.97 Å². The first-order chi connectivity index (χ1) is 8.20. The molecule has 0 amide bonds. The molecule has 0 radical (unpaired) electrons. The molecule has 0 bridgehead atoms. The van der Waals surface area contributed by atoms with Crippen molar-refractivity contribution >= 4 is 17.4 Å². The molecule has 3 N–H and O–H groups in total. The maximum absolute atomic E-state index is 11.1. The van der Waals surface area contributed by atoms with E-state index in [1.165, 1.54) is 25.7 Å². The van der Waals surface area contributed by atoms with Gasteiger partial charge in [0.1, 0.15) is 17.0 Å². The summed E-state index contributed by atoms with van der Waals surface area (Å²) in [7, 11) is 1.47. The van der Waals surface area contributed by atoms with Crippen LogP contribution in [-0.4, -0.2) is 27.0 Å². The zero-order valence-electron chi connectivity index (χ0n) is 8.88. The molecule has 0 spiro atoms. The molecule has 0 aliphatic carbocycles. The zero-order valence-corrected chi connectivity index (χ0v) is 9.69. The fraction of sp³-hybridized carbons (Fsp3) is 0.111. The van der Waals surface area contributed by atoms with Crippen LogP contribution in [0.5, 0.6) is 5.88 Å². The number of nitrogens with one attached hydrogen (secondary N) is 1. The van der Waals surface area contributed by atoms with E-state index in [0.29, 0.717) is 21.7 Å². The summed E-state index contributed by atoms with van der Waals surface area (Å²) in [6.45, 7) is 0. The highest BCUT2D eigenvalue weighted by molar-refractivity contribution is 7.99. The Bertz CT molecular complexity index is 586. The fourth-order valence-corrected chi connectivity index (χ4v) is 1.85. The molecule has 88 valence electrons. The molecule has 0 unspecified atom stereocenters. The second-order valence-corrected chi connectivity index (χ2v) is 3.92. The highest BCUT2D eigenvalue weighted by Crippen LogP contribution is 2.31. The molecule has 0 fully saturated rings. The maximum atomic E-state index is 11.1. The Hall–Kier alpha value is -2.09. The number of nitrogen functional groups attached to an aromatic ring is 1. The van der Waals surface area contributed by atoms with Crippen molar-refractivity contribution in [3.8, 4) is 5.88 Å². The van der Waals surface area contributed by atoms with Crippen LogP contribution in [0.25, 0.3) is 0 Å². The van der Waals surface area contributed by atoms with Gasteiger partial charge < -0.3 is 15.5 Å². The number of methoxy groups -OCH3 is 1. The van der Waals surface area contributed by atoms with E-state index >= 15 is 0 Å². The van der Waals surface area contributed by atoms with Crippen LogP contribution in [0.1, 0.15) is 0 Å². The van der Waals surface area contributed by atoms with Crippen LogP contribution >= 0.6 is 11.8 Å². The average Bonchev–Trinajstić information content (AvgIpc) is 2.32. The molecule has 0 aromatic carbocycles. The van der Waals surface area contributed by atoms with Gasteiger partial charge in [0, 0.05) is 12.3 Å². The molecule has 0 aliphatic heterocycles. The van der Waals surface area contributed by atoms with Crippen LogP contribution in [0.15, 0.2) is 33.6 Å². The lowest BCUT2D eigenvalue weighted by Gasteiger charge is -2.06. The summed E-state index contributed by atoms with van der Waals surface area (Å²) in [5.74, 6) is 0.292. The number of hydrogen-bond acceptors (Lipinski definition) is 7. The molecule has 2 aromatic rings. The molecular weight excluding hydrogens is 242 g/mol. The summed E-state index contributed by atoms with van der Waals surface area (Å²) in [5, 5.41) is 0.885. The van der Waals surface area contributed by atoms with Crippen molar-refractivity contribution in [3.63, 3.8) is 0 Å². The summed E-state index contributed by atoms with van der Waals surface area (Å²) >= 11 is 1.14. The lowest BCUT2D eigenvalue weighted by atomic mass is 10.5. The predicted octanol–water partition coefficient (Wildman–Crippen LogP) is 0.302. The van der Waals surface area contributed by atoms with E-state index in [-0.39, 0.29) is 5.56 Å². The number of nitrogens with zero attached hydrogens (tertiary/aromatic N) is 3. The van der Waals surface area contributed by atoms with Crippen LogP contribution in [0.4, 0.5) is 5.69 Å². The number of rotatable bonds is 3. The lowest BCUT2D eigenvalue weighted by Crippen LogP contribution is -2.06. The first-order valence-corrected chi connectivity index (χ1v) is 5.40. The van der Waals surface area contributed by atoms with Crippen molar-refractivity contribution in [3.05, 3.63) is 28.9 Å². The number of H-pyrrole nitrogens is 1. The Morgan fingerprint density at radius 2 is 2.24 bits per heavy atom. The van der Waals surface area contributed by atoms with Crippen molar-refractivity contribution in [1.29, 1.82) is 0 Å². The summed E-state index contributed by atoms with van der Waals surface area (Å²) in [4.78, 5) is 25.5. The second-order valence-electron chi connectivity index (χ2n) is 2.94. The summed E-state index contributed by atoms with van der Waals surface area (Å²) in [6.07, 6.45) is 2.74. The average molecular weight is 251 g/mol. The topological polar surface area (TPSA) is 107 Å². The van der Waals surface area contributed by atoms with Gasteiger partial charge in [-0.15, -0.1) is 0 Å². The third-order valence-electron chi connectivity index (χ3n) is 1.85. The Kier molecular flexibility index (Phi) is 3.24. The monoisotopic (exact) mass is 251 g/mol. The number of aromatic nitrogens is 4. The van der Waals surface area contributed by atoms with Crippen molar-refractivity contribution in [1.82, 2.24) is 19.9 Å². The maximum Gasteiger partial charge on any atom is 0.251 e. The largest absolute Gasteiger partial charge is 0.479 e. The lowest BCUT2D eigenvalue weighted by molar-refractivity contribution is 0.397. The standard InChI is InChI=1S/C9H9N5O2S/c1-16-7-6(10)8(13-4-12-7)17-9-11-3-2-5(15)14-9/h2-4H,10H2,1H3,(H,11,14,15). The molecule has 0 saturated carbocycles. The van der Waals surface area contributed by atoms with Crippen LogP contribution < -0.4 is 16.0 Å². The predicted molar refractivity (Wildman–Crippen MR) is 62.0 cm³/mol. The Labute approximate surface area is 100 Å². The fourth-order valence-electron chi connectivity index (χ4n) is 1.10. The number of hydrogen-bond donors (Lipinski definition) is 2. The first-order valence-electron chi connectivity index (χ1n) is 4.58. The summed E-state index contributed by atoms with van der Waals surface area (Å²) in [6, 6.07) is 1.33. The van der Waals surface area contributed by atoms with E-state index in [2.05, 4.69) is 19.9 Å². The van der Waals surface area contributed by atoms with Gasteiger partial charge in [0.05, 0.1) is 7.11 Å². The van der Waals surface area contributed by atoms with Gasteiger partial charge in [0.25, 0.3) is 5.56 Å². The second kappa shape index (κ2) is 4.83. The van der Waals surface area contributed by atoms with Gasteiger partial charge in [-0.2, -0.15) is 4.98 Å². The Morgan fingerprint density at radius 1 is 1.41 bits per heavy atom. The SMILES string of the molecule is COc1ncnc(Sc2nccc(=O)[nH]2)c1N. The first kappa shape index (κ1) is 11.4. The van der Waals surface area contributed by atoms with Crippen molar-refractivity contribution < 1.29 is 4.74 Å². The summed E-state index contributed by atoms with van der Waals surface area (Å²) < 4.78 is 4.97. The van der Waals surface area contributed by atoms with Gasteiger partial charge in [-0.1, -0.05) is 0 Å². The van der Waals surface area contributed by atoms with Crippen molar-refractivity contribution in [2.75, 3.05) is 12.8 Å². The highest BCUT2D eigenvalue weighted by Gasteiger charge is 2.10. The molecule has 2 rings (SSSR count). The van der Waals surface area contributed by atoms with E-state index in [1.807, 2.05) is 0 Å². The van der Waals surface area contributed by atoms with Crippen molar-refractivity contribution in [2.24, 2.45) is 0 Å². The quantitative estimate of drug-likeness (QED) is 0.596. The molecule has 2 aromatic heterocycles. The molecule has 7 nitrogen and oxygen atoms in total. The van der Waals surface area contributed by atoms with E-state index in [9.17, 15) is 4.79 Å². The molecule has 0 aliphatic rings. The molecule has 2 heterocycles. The van der Waals surface area contributed by atoms with E-state index in [4.69, 9.17) is 10.5 Å². The molecule has 17 heavy (non-hydrogen) atoms. The van der Waals surface area contributed by atoms with Crippen LogP contribution in [0.3, 0.4) is 0 Å². The van der Waals surface area contributed by atoms with E-state index < -0.39 is 0 Å². The molecule has 8 heteroatoms. The van der Waals surface area contributed by atoms with Crippen molar-refractivity contribution in [2.45, 2.75) is 10.2 Å². The zero-order chi connectivity index (χ0) is 12.3. The highest BCUT2D eigenvalue weighted by atomic mass is 32.2. The van der Waals surface area contributed by atoms with Crippen LogP contribution in [0, 0.1) is 0 Å². The summed E-state index contributed by atoms with van der Waals surface area (Å²) in [5.41, 5.74) is 5.87. The minimum Gasteiger partial charge on any atom is -0.479 e. The smallest absolute Gasteiger partial charge is 0.251 e. The third kappa shape index (κ3) is 2.53. The number of nitrogens with two attached hydrogens (primary N) is 1. The number of ether oxygens (including phenoxy) is 1. The Balaban J connectivity index is 2.33. The molecule has 0 atom stereocenters. The van der Waals surface area contributed by atoms with E-state index in [0.717, 1.165) is 11.8 Å². The van der Waals surface area contributed by atoms with Gasteiger partial charge in [-0.05, 0) is 11.8 Å². The van der Waals surface area contributed by atoms with Gasteiger partial charge in [0.2, 0.25) is 5.88 Å². The number of aromatic amines is 1. The molecule has 0 saturated heterocycles. The minimum atomic E-state index is -0.234. The minimum absolute atomic E-state index is 0.234. The van der Waals surface area contributed by atoms with Gasteiger partial charge in [0.15, 0.2) is 5.16 Å². The number of anilines is 1. The normalized spacial score (nSPS) is 10.2. The van der Waals surface area contributed by atoms with Crippen LogP contribution in [0.2, 0.25) is 0 Å². The van der Waals surface area contributed by atoms with Gasteiger partial charge >= 0.3 is 0 Å². The molecular formula is C9H9N5O2S.